The zero-order valence-electron chi connectivity index (χ0n) is 8.78. The van der Waals surface area contributed by atoms with Gasteiger partial charge in [-0.3, -0.25) is 4.98 Å². The van der Waals surface area contributed by atoms with Crippen molar-refractivity contribution < 1.29 is 0 Å². The molecule has 0 aromatic carbocycles. The van der Waals surface area contributed by atoms with Gasteiger partial charge in [0, 0.05) is 24.6 Å². The Labute approximate surface area is 97.1 Å². The van der Waals surface area contributed by atoms with Crippen LogP contribution in [0.25, 0.3) is 0 Å². The third-order valence-corrected chi connectivity index (χ3v) is 2.73. The zero-order valence-corrected chi connectivity index (χ0v) is 9.59. The van der Waals surface area contributed by atoms with Crippen molar-refractivity contribution in [3.05, 3.63) is 24.5 Å². The number of piperidine rings is 1. The Morgan fingerprint density at radius 3 is 2.60 bits per heavy atom. The van der Waals surface area contributed by atoms with Gasteiger partial charge in [-0.05, 0) is 44.0 Å². The van der Waals surface area contributed by atoms with Gasteiger partial charge >= 0.3 is 0 Å². The molecule has 4 heteroatoms. The Bertz CT molecular complexity index is 260. The number of rotatable bonds is 3. The number of halogens is 1. The summed E-state index contributed by atoms with van der Waals surface area (Å²) in [5.74, 6) is 0.824. The quantitative estimate of drug-likeness (QED) is 0.829. The molecule has 0 bridgehead atoms. The first-order valence-electron chi connectivity index (χ1n) is 5.30. The Hall–Kier alpha value is -0.800. The smallest absolute Gasteiger partial charge is 0.0371 e. The molecular weight excluding hydrogens is 210 g/mol. The number of aromatic nitrogens is 1. The number of hydrogen-bond acceptors (Lipinski definition) is 3. The minimum absolute atomic E-state index is 0. The molecule has 1 aliphatic rings. The third kappa shape index (κ3) is 4.06. The van der Waals surface area contributed by atoms with E-state index in [0.717, 1.165) is 12.5 Å². The lowest BCUT2D eigenvalue weighted by molar-refractivity contribution is 0.390. The molecule has 0 aliphatic carbocycles. The van der Waals surface area contributed by atoms with Crippen molar-refractivity contribution >= 4 is 18.1 Å². The fraction of sp³-hybridized carbons (Fsp3) is 0.545. The molecule has 2 heterocycles. The fourth-order valence-electron chi connectivity index (χ4n) is 1.82. The van der Waals surface area contributed by atoms with Crippen LogP contribution in [0.1, 0.15) is 12.8 Å². The predicted molar refractivity (Wildman–Crippen MR) is 65.6 cm³/mol. The Morgan fingerprint density at radius 2 is 1.93 bits per heavy atom. The van der Waals surface area contributed by atoms with Crippen LogP contribution in [0, 0.1) is 5.92 Å². The maximum Gasteiger partial charge on any atom is 0.0371 e. The van der Waals surface area contributed by atoms with Crippen molar-refractivity contribution in [1.29, 1.82) is 0 Å². The van der Waals surface area contributed by atoms with Gasteiger partial charge in [-0.25, -0.2) is 0 Å². The average molecular weight is 228 g/mol. The van der Waals surface area contributed by atoms with Gasteiger partial charge in [0.2, 0.25) is 0 Å². The highest BCUT2D eigenvalue weighted by Crippen LogP contribution is 2.13. The number of anilines is 1. The van der Waals surface area contributed by atoms with E-state index in [-0.39, 0.29) is 12.4 Å². The van der Waals surface area contributed by atoms with Crippen LogP contribution < -0.4 is 10.6 Å². The van der Waals surface area contributed by atoms with Gasteiger partial charge < -0.3 is 10.6 Å². The Morgan fingerprint density at radius 1 is 1.27 bits per heavy atom. The fourth-order valence-corrected chi connectivity index (χ4v) is 1.82. The lowest BCUT2D eigenvalue weighted by Crippen LogP contribution is -2.31. The third-order valence-electron chi connectivity index (χ3n) is 2.73. The Balaban J connectivity index is 0.00000112. The molecule has 0 spiro atoms. The maximum absolute atomic E-state index is 3.99. The van der Waals surface area contributed by atoms with Crippen LogP contribution in [-0.2, 0) is 0 Å². The normalized spacial score (nSPS) is 16.8. The molecule has 1 aromatic rings. The monoisotopic (exact) mass is 227 g/mol. The summed E-state index contributed by atoms with van der Waals surface area (Å²) < 4.78 is 0. The molecule has 0 saturated carbocycles. The standard InChI is InChI=1S/C11H17N3.ClH/c1-5-12-6-2-10(1)9-14-11-3-7-13-8-4-11;/h3-4,7-8,10,12H,1-2,5-6,9H2,(H,13,14);1H. The molecule has 3 nitrogen and oxygen atoms in total. The van der Waals surface area contributed by atoms with Crippen molar-refractivity contribution in [2.24, 2.45) is 5.92 Å². The van der Waals surface area contributed by atoms with Crippen LogP contribution in [-0.4, -0.2) is 24.6 Å². The van der Waals surface area contributed by atoms with E-state index < -0.39 is 0 Å². The average Bonchev–Trinajstić information content (AvgIpc) is 2.29. The van der Waals surface area contributed by atoms with Gasteiger partial charge in [0.05, 0.1) is 0 Å². The lowest BCUT2D eigenvalue weighted by atomic mass is 9.98. The van der Waals surface area contributed by atoms with Gasteiger partial charge in [0.15, 0.2) is 0 Å². The number of hydrogen-bond donors (Lipinski definition) is 2. The summed E-state index contributed by atoms with van der Waals surface area (Å²) in [7, 11) is 0. The first-order valence-corrected chi connectivity index (χ1v) is 5.30. The van der Waals surface area contributed by atoms with Crippen LogP contribution in [0.4, 0.5) is 5.69 Å². The van der Waals surface area contributed by atoms with Crippen molar-refractivity contribution in [2.45, 2.75) is 12.8 Å². The number of nitrogens with one attached hydrogen (secondary N) is 2. The van der Waals surface area contributed by atoms with Gasteiger partial charge in [-0.2, -0.15) is 0 Å². The first-order chi connectivity index (χ1) is 6.95. The summed E-state index contributed by atoms with van der Waals surface area (Å²) in [5.41, 5.74) is 1.18. The van der Waals surface area contributed by atoms with Gasteiger partial charge in [-0.1, -0.05) is 0 Å². The summed E-state index contributed by atoms with van der Waals surface area (Å²) in [4.78, 5) is 3.99. The molecule has 2 rings (SSSR count). The van der Waals surface area contributed by atoms with Crippen molar-refractivity contribution in [3.8, 4) is 0 Å². The summed E-state index contributed by atoms with van der Waals surface area (Å²) in [6.45, 7) is 3.43. The predicted octanol–water partition coefficient (Wildman–Crippen LogP) is 1.91. The van der Waals surface area contributed by atoms with Crippen molar-refractivity contribution in [3.63, 3.8) is 0 Å². The molecular formula is C11H18ClN3. The van der Waals surface area contributed by atoms with E-state index in [1.165, 1.54) is 31.6 Å². The van der Waals surface area contributed by atoms with E-state index in [1.807, 2.05) is 24.5 Å². The van der Waals surface area contributed by atoms with Crippen LogP contribution in [0.15, 0.2) is 24.5 Å². The zero-order chi connectivity index (χ0) is 9.64. The first kappa shape index (κ1) is 12.3. The maximum atomic E-state index is 3.99. The molecule has 84 valence electrons. The Kier molecular flexibility index (Phi) is 5.43. The molecule has 0 unspecified atom stereocenters. The van der Waals surface area contributed by atoms with E-state index >= 15 is 0 Å². The van der Waals surface area contributed by atoms with Gasteiger partial charge in [0.25, 0.3) is 0 Å². The largest absolute Gasteiger partial charge is 0.385 e. The summed E-state index contributed by atoms with van der Waals surface area (Å²) in [6.07, 6.45) is 6.23. The molecule has 1 fully saturated rings. The highest BCUT2D eigenvalue weighted by atomic mass is 35.5. The molecule has 0 atom stereocenters. The number of pyridine rings is 1. The molecule has 1 aromatic heterocycles. The van der Waals surface area contributed by atoms with Crippen molar-refractivity contribution in [2.75, 3.05) is 25.0 Å². The van der Waals surface area contributed by atoms with E-state index in [2.05, 4.69) is 15.6 Å². The highest BCUT2D eigenvalue weighted by Gasteiger charge is 2.11. The summed E-state index contributed by atoms with van der Waals surface area (Å²) in [5, 5.41) is 6.82. The molecule has 2 N–H and O–H groups in total. The molecule has 0 radical (unpaired) electrons. The summed E-state index contributed by atoms with van der Waals surface area (Å²) in [6, 6.07) is 4.03. The second-order valence-electron chi connectivity index (χ2n) is 3.81. The topological polar surface area (TPSA) is 37.0 Å². The van der Waals surface area contributed by atoms with E-state index in [4.69, 9.17) is 0 Å². The van der Waals surface area contributed by atoms with Crippen LogP contribution >= 0.6 is 12.4 Å². The second-order valence-corrected chi connectivity index (χ2v) is 3.81. The molecule has 1 aliphatic heterocycles. The van der Waals surface area contributed by atoms with E-state index in [9.17, 15) is 0 Å². The van der Waals surface area contributed by atoms with Crippen LogP contribution in [0.2, 0.25) is 0 Å². The molecule has 1 saturated heterocycles. The van der Waals surface area contributed by atoms with Crippen molar-refractivity contribution in [1.82, 2.24) is 10.3 Å². The van der Waals surface area contributed by atoms with Gasteiger partial charge in [0.1, 0.15) is 0 Å². The molecule has 0 amide bonds. The second kappa shape index (κ2) is 6.64. The van der Waals surface area contributed by atoms with E-state index in [0.29, 0.717) is 0 Å². The minimum atomic E-state index is 0. The highest BCUT2D eigenvalue weighted by molar-refractivity contribution is 5.85. The summed E-state index contributed by atoms with van der Waals surface area (Å²) >= 11 is 0. The minimum Gasteiger partial charge on any atom is -0.385 e. The van der Waals surface area contributed by atoms with E-state index in [1.54, 1.807) is 0 Å². The van der Waals surface area contributed by atoms with Crippen LogP contribution in [0.5, 0.6) is 0 Å². The number of nitrogens with zero attached hydrogens (tertiary/aromatic N) is 1. The van der Waals surface area contributed by atoms with Gasteiger partial charge in [-0.15, -0.1) is 12.4 Å². The SMILES string of the molecule is Cl.c1cc(NCC2CCNCC2)ccn1. The molecule has 15 heavy (non-hydrogen) atoms. The van der Waals surface area contributed by atoms with Crippen LogP contribution in [0.3, 0.4) is 0 Å². The lowest BCUT2D eigenvalue weighted by Gasteiger charge is -2.23.